The fourth-order valence-electron chi connectivity index (χ4n) is 6.87. The summed E-state index contributed by atoms with van der Waals surface area (Å²) in [7, 11) is 7.79. The molecule has 0 aromatic heterocycles. The van der Waals surface area contributed by atoms with Gasteiger partial charge in [0.1, 0.15) is 0 Å². The third-order valence-corrected chi connectivity index (χ3v) is 12.1. The molecule has 200 valence electrons. The second-order valence-electron chi connectivity index (χ2n) is 11.3. The third kappa shape index (κ3) is 5.57. The molecule has 4 heteroatoms. The number of allylic oxidation sites excluding steroid dienone is 8. The van der Waals surface area contributed by atoms with Crippen molar-refractivity contribution in [2.75, 3.05) is 0 Å². The fraction of sp³-hybridized carbons (Fsp3) is 0.167. The molecule has 0 saturated heterocycles. The Morgan fingerprint density at radius 3 is 1.25 bits per heavy atom. The predicted octanol–water partition coefficient (Wildman–Crippen LogP) is 10.3. The van der Waals surface area contributed by atoms with E-state index in [1.54, 1.807) is 11.1 Å². The van der Waals surface area contributed by atoms with Gasteiger partial charge in [0.25, 0.3) is 0 Å². The molecule has 0 N–H and O–H groups in total. The topological polar surface area (TPSA) is 0 Å². The van der Waals surface area contributed by atoms with Crippen molar-refractivity contribution < 1.29 is 20.8 Å². The molecular weight excluding hydrogens is 623 g/mol. The zero-order valence-electron chi connectivity index (χ0n) is 24.0. The molecular formula is C36H34Cl2SiZr. The number of hydrogen-bond donors (Lipinski definition) is 0. The maximum atomic E-state index is 4.93. The van der Waals surface area contributed by atoms with Gasteiger partial charge in [-0.2, -0.15) is 0 Å². The molecule has 0 aliphatic heterocycles. The van der Waals surface area contributed by atoms with Gasteiger partial charge in [-0.3, -0.25) is 0 Å². The Kier molecular flexibility index (Phi) is 9.73. The summed E-state index contributed by atoms with van der Waals surface area (Å²) < 4.78 is 0. The zero-order chi connectivity index (χ0) is 28.6. The van der Waals surface area contributed by atoms with E-state index in [9.17, 15) is 0 Å². The molecule has 2 aromatic rings. The summed E-state index contributed by atoms with van der Waals surface area (Å²) in [6.07, 6.45) is 14.2. The molecule has 10 radical (unpaired) electrons. The van der Waals surface area contributed by atoms with E-state index < -0.39 is 28.9 Å². The van der Waals surface area contributed by atoms with E-state index in [0.717, 1.165) is 0 Å². The van der Waals surface area contributed by atoms with E-state index in [-0.39, 0.29) is 0 Å². The van der Waals surface area contributed by atoms with E-state index in [2.05, 4.69) is 139 Å². The van der Waals surface area contributed by atoms with Gasteiger partial charge in [0.05, 0.1) is 8.07 Å². The first-order chi connectivity index (χ1) is 19.2. The summed E-state index contributed by atoms with van der Waals surface area (Å²) in [6, 6.07) is 21.7. The van der Waals surface area contributed by atoms with Gasteiger partial charge in [-0.25, -0.2) is 0 Å². The second-order valence-corrected chi connectivity index (χ2v) is 19.3. The van der Waals surface area contributed by atoms with Crippen LogP contribution in [0.15, 0.2) is 96.1 Å². The van der Waals surface area contributed by atoms with Gasteiger partial charge < -0.3 is 0 Å². The molecule has 2 aromatic carbocycles. The van der Waals surface area contributed by atoms with E-state index in [0.29, 0.717) is 0 Å². The van der Waals surface area contributed by atoms with Crippen molar-refractivity contribution in [2.24, 2.45) is 0 Å². The molecule has 0 bridgehead atoms. The van der Waals surface area contributed by atoms with Crippen molar-refractivity contribution in [3.05, 3.63) is 167 Å². The molecule has 40 heavy (non-hydrogen) atoms. The standard InChI is InChI=1S/C36H34Si.2ClH.Zr/c1-23-17-19-29(27-13-9-7-10-14-27)31-21-25(3)35(33(23)31)37(5,6)36-26(4)22-32-30(20-18-24(2)34(32)36)28-15-11-8-12-16-28;;;/h7-22H,1-6H3;2*1H;/q;;;+2/p-2. The van der Waals surface area contributed by atoms with Crippen LogP contribution in [-0.2, 0) is 20.8 Å². The monoisotopic (exact) mass is 654 g/mol. The van der Waals surface area contributed by atoms with Crippen LogP contribution < -0.4 is 0 Å². The molecule has 0 nitrogen and oxygen atoms in total. The van der Waals surface area contributed by atoms with Gasteiger partial charge in [0, 0.05) is 23.7 Å². The van der Waals surface area contributed by atoms with Crippen molar-refractivity contribution in [3.8, 4) is 0 Å². The van der Waals surface area contributed by atoms with Gasteiger partial charge in [0.15, 0.2) is 0 Å². The van der Waals surface area contributed by atoms with Crippen LogP contribution in [0, 0.1) is 59.4 Å². The van der Waals surface area contributed by atoms with Crippen LogP contribution in [0.2, 0.25) is 13.1 Å². The second kappa shape index (κ2) is 12.8. The Bertz CT molecular complexity index is 1210. The van der Waals surface area contributed by atoms with E-state index in [1.807, 2.05) is 0 Å². The Labute approximate surface area is 262 Å². The van der Waals surface area contributed by atoms with Crippen LogP contribution in [0.25, 0.3) is 11.1 Å². The Hall–Kier alpha value is -0.920. The zero-order valence-corrected chi connectivity index (χ0v) is 29.0. The van der Waals surface area contributed by atoms with Crippen LogP contribution >= 0.6 is 17.0 Å². The first-order valence-corrected chi connectivity index (χ1v) is 23.0. The molecule has 4 aliphatic carbocycles. The van der Waals surface area contributed by atoms with Crippen molar-refractivity contribution >= 4 is 36.2 Å². The van der Waals surface area contributed by atoms with Gasteiger partial charge in [-0.1, -0.05) is 123 Å². The normalized spacial score (nSPS) is 22.1. The number of rotatable bonds is 4. The van der Waals surface area contributed by atoms with Gasteiger partial charge >= 0.3 is 37.9 Å². The van der Waals surface area contributed by atoms with Gasteiger partial charge in [-0.05, 0) is 71.9 Å². The SMILES string of the molecule is C[C]1[CH][C]2[C]([C]1[Si](C)(C)[C]1[C](C)[CH][C]3[C]1C(C)=CC=C3c1ccccc1)C(C)=CC=C2c1ccccc1.[Cl][Zr][Cl]. The average Bonchev–Trinajstić information content (AvgIpc) is 3.49. The van der Waals surface area contributed by atoms with E-state index in [1.165, 1.54) is 68.9 Å². The Morgan fingerprint density at radius 1 is 0.550 bits per heavy atom. The number of halogens is 2. The van der Waals surface area contributed by atoms with Crippen LogP contribution in [0.1, 0.15) is 38.8 Å². The van der Waals surface area contributed by atoms with Crippen LogP contribution in [0.5, 0.6) is 0 Å². The first-order valence-electron chi connectivity index (χ1n) is 13.7. The summed E-state index contributed by atoms with van der Waals surface area (Å²) in [5.41, 5.74) is 11.2. The molecule has 2 fully saturated rings. The average molecular weight is 657 g/mol. The number of fused-ring (bicyclic) bond motifs is 2. The summed E-state index contributed by atoms with van der Waals surface area (Å²) in [6.45, 7) is 14.4. The van der Waals surface area contributed by atoms with Gasteiger partial charge in [0.2, 0.25) is 0 Å². The minimum absolute atomic E-state index is 0.826. The quantitative estimate of drug-likeness (QED) is 0.287. The van der Waals surface area contributed by atoms with Crippen molar-refractivity contribution in [2.45, 2.75) is 40.8 Å². The minimum atomic E-state index is -2.08. The van der Waals surface area contributed by atoms with Crippen LogP contribution in [0.3, 0.4) is 0 Å². The molecule has 0 spiro atoms. The summed E-state index contributed by atoms with van der Waals surface area (Å²) in [5.74, 6) is 8.61. The van der Waals surface area contributed by atoms with E-state index in [4.69, 9.17) is 17.0 Å². The molecule has 0 unspecified atom stereocenters. The number of benzene rings is 2. The van der Waals surface area contributed by atoms with Crippen molar-refractivity contribution in [3.63, 3.8) is 0 Å². The molecule has 2 saturated carbocycles. The van der Waals surface area contributed by atoms with Crippen LogP contribution in [-0.4, -0.2) is 8.07 Å². The summed E-state index contributed by atoms with van der Waals surface area (Å²) in [5, 5.41) is 0. The van der Waals surface area contributed by atoms with Gasteiger partial charge in [-0.15, -0.1) is 0 Å². The van der Waals surface area contributed by atoms with Crippen molar-refractivity contribution in [1.82, 2.24) is 0 Å². The summed E-state index contributed by atoms with van der Waals surface area (Å²) in [4.78, 5) is 0. The van der Waals surface area contributed by atoms with Crippen molar-refractivity contribution in [1.29, 1.82) is 0 Å². The molecule has 0 heterocycles. The molecule has 0 amide bonds. The Morgan fingerprint density at radius 2 is 0.900 bits per heavy atom. The molecule has 6 rings (SSSR count). The summed E-state index contributed by atoms with van der Waals surface area (Å²) >= 11 is -0.826. The Balaban J connectivity index is 0.00000103. The first kappa shape index (κ1) is 30.5. The number of hydrogen-bond acceptors (Lipinski definition) is 0. The molecule has 0 atom stereocenters. The fourth-order valence-corrected chi connectivity index (χ4v) is 11.1. The van der Waals surface area contributed by atoms with E-state index >= 15 is 0 Å². The van der Waals surface area contributed by atoms with Crippen LogP contribution in [0.4, 0.5) is 0 Å². The third-order valence-electron chi connectivity index (χ3n) is 8.34. The molecule has 4 aliphatic rings. The predicted molar refractivity (Wildman–Crippen MR) is 171 cm³/mol. The maximum absolute atomic E-state index is 4.93.